The molecule has 2 aromatic rings. The van der Waals surface area contributed by atoms with Gasteiger partial charge in [-0.1, -0.05) is 11.3 Å². The van der Waals surface area contributed by atoms with E-state index in [1.165, 1.54) is 29.0 Å². The zero-order valence-corrected chi connectivity index (χ0v) is 12.9. The van der Waals surface area contributed by atoms with Crippen molar-refractivity contribution in [2.24, 2.45) is 0 Å². The summed E-state index contributed by atoms with van der Waals surface area (Å²) in [5.74, 6) is 0.868. The van der Waals surface area contributed by atoms with Gasteiger partial charge < -0.3 is 10.6 Å². The molecule has 1 unspecified atom stereocenters. The van der Waals surface area contributed by atoms with Crippen molar-refractivity contribution in [1.29, 1.82) is 0 Å². The number of hydrogen-bond acceptors (Lipinski definition) is 7. The van der Waals surface area contributed by atoms with E-state index in [4.69, 9.17) is 10.7 Å². The van der Waals surface area contributed by atoms with Gasteiger partial charge in [0.05, 0.1) is 5.69 Å². The van der Waals surface area contributed by atoms with Crippen LogP contribution in [-0.2, 0) is 11.8 Å². The van der Waals surface area contributed by atoms with Gasteiger partial charge in [-0.05, 0) is 38.2 Å². The van der Waals surface area contributed by atoms with Crippen LogP contribution >= 0.6 is 11.3 Å². The monoisotopic (exact) mass is 302 g/mol. The predicted octanol–water partition coefficient (Wildman–Crippen LogP) is 1.70. The summed E-state index contributed by atoms with van der Waals surface area (Å²) in [5, 5.41) is 9.62. The van der Waals surface area contributed by atoms with Gasteiger partial charge in [0.25, 0.3) is 0 Å². The van der Waals surface area contributed by atoms with Crippen LogP contribution in [0.4, 0.5) is 10.3 Å². The molecule has 110 valence electrons. The lowest BCUT2D eigenvalue weighted by atomic mass is 9.77. The number of rotatable bonds is 1. The second kappa shape index (κ2) is 4.62. The Morgan fingerprint density at radius 1 is 1.33 bits per heavy atom. The molecule has 0 amide bonds. The highest BCUT2D eigenvalue weighted by Gasteiger charge is 2.44. The van der Waals surface area contributed by atoms with Gasteiger partial charge in [0.2, 0.25) is 10.3 Å². The number of aromatic nitrogens is 4. The Morgan fingerprint density at radius 3 is 3.05 bits per heavy atom. The SMILES string of the molecule is Cc1ncc2c(n1)C1(CCCN(c3nnc(N)s3)C1)CC2. The molecule has 1 saturated heterocycles. The summed E-state index contributed by atoms with van der Waals surface area (Å²) < 4.78 is 0. The number of piperidine rings is 1. The van der Waals surface area contributed by atoms with Gasteiger partial charge in [0, 0.05) is 24.7 Å². The molecule has 0 radical (unpaired) electrons. The first-order valence-electron chi connectivity index (χ1n) is 7.33. The van der Waals surface area contributed by atoms with Crippen LogP contribution in [0.1, 0.15) is 36.3 Å². The third-order valence-electron chi connectivity index (χ3n) is 4.64. The van der Waals surface area contributed by atoms with Crippen molar-refractivity contribution in [2.75, 3.05) is 23.7 Å². The van der Waals surface area contributed by atoms with E-state index in [0.29, 0.717) is 5.13 Å². The maximum absolute atomic E-state index is 5.72. The van der Waals surface area contributed by atoms with E-state index < -0.39 is 0 Å². The predicted molar refractivity (Wildman–Crippen MR) is 82.5 cm³/mol. The Morgan fingerprint density at radius 2 is 2.24 bits per heavy atom. The Kier molecular flexibility index (Phi) is 2.85. The van der Waals surface area contributed by atoms with Crippen molar-refractivity contribution in [3.8, 4) is 0 Å². The van der Waals surface area contributed by atoms with E-state index in [1.54, 1.807) is 0 Å². The van der Waals surface area contributed by atoms with E-state index in [2.05, 4.69) is 20.1 Å². The number of fused-ring (bicyclic) bond motifs is 2. The maximum Gasteiger partial charge on any atom is 0.210 e. The van der Waals surface area contributed by atoms with E-state index in [-0.39, 0.29) is 5.41 Å². The second-order valence-electron chi connectivity index (χ2n) is 6.02. The minimum atomic E-state index is 0.154. The first-order valence-corrected chi connectivity index (χ1v) is 8.15. The molecule has 3 heterocycles. The molecule has 0 aromatic carbocycles. The number of aryl methyl sites for hydroxylation is 2. The largest absolute Gasteiger partial charge is 0.374 e. The third kappa shape index (κ3) is 2.07. The summed E-state index contributed by atoms with van der Waals surface area (Å²) in [7, 11) is 0. The standard InChI is InChI=1S/C14H18N6S/c1-9-16-7-10-3-5-14(11(10)17-9)4-2-6-20(8-14)13-19-18-12(15)21-13/h7H,2-6,8H2,1H3,(H2,15,18). The van der Waals surface area contributed by atoms with Crippen LogP contribution in [0, 0.1) is 6.92 Å². The molecule has 1 aliphatic carbocycles. The van der Waals surface area contributed by atoms with Crippen molar-refractivity contribution >= 4 is 21.6 Å². The fourth-order valence-corrected chi connectivity index (χ4v) is 4.31. The number of hydrogen-bond donors (Lipinski definition) is 1. The zero-order valence-electron chi connectivity index (χ0n) is 12.0. The Bertz CT molecular complexity index is 680. The molecule has 1 spiro atoms. The molecule has 1 fully saturated rings. The molecule has 21 heavy (non-hydrogen) atoms. The van der Waals surface area contributed by atoms with Gasteiger partial charge in [-0.2, -0.15) is 0 Å². The minimum Gasteiger partial charge on any atom is -0.374 e. The average Bonchev–Trinajstić information content (AvgIpc) is 3.05. The summed E-state index contributed by atoms with van der Waals surface area (Å²) in [4.78, 5) is 11.4. The van der Waals surface area contributed by atoms with Crippen molar-refractivity contribution in [1.82, 2.24) is 20.2 Å². The van der Waals surface area contributed by atoms with Gasteiger partial charge in [-0.15, -0.1) is 10.2 Å². The maximum atomic E-state index is 5.72. The summed E-state index contributed by atoms with van der Waals surface area (Å²) >= 11 is 1.47. The van der Waals surface area contributed by atoms with Crippen LogP contribution in [0.5, 0.6) is 0 Å². The number of nitrogen functional groups attached to an aromatic ring is 1. The van der Waals surface area contributed by atoms with Gasteiger partial charge in [0.1, 0.15) is 5.82 Å². The first kappa shape index (κ1) is 12.9. The lowest BCUT2D eigenvalue weighted by Crippen LogP contribution is -2.45. The molecule has 7 heteroatoms. The van der Waals surface area contributed by atoms with E-state index in [9.17, 15) is 0 Å². The number of nitrogens with zero attached hydrogens (tertiary/aromatic N) is 5. The molecule has 6 nitrogen and oxygen atoms in total. The molecule has 2 aromatic heterocycles. The second-order valence-corrected chi connectivity index (χ2v) is 7.01. The molecule has 2 N–H and O–H groups in total. The molecule has 1 atom stereocenters. The van der Waals surface area contributed by atoms with Crippen molar-refractivity contribution in [3.63, 3.8) is 0 Å². The van der Waals surface area contributed by atoms with E-state index >= 15 is 0 Å². The Labute approximate surface area is 127 Å². The molecular formula is C14H18N6S. The third-order valence-corrected chi connectivity index (χ3v) is 5.45. The lowest BCUT2D eigenvalue weighted by Gasteiger charge is -2.40. The fourth-order valence-electron chi connectivity index (χ4n) is 3.68. The van der Waals surface area contributed by atoms with Crippen molar-refractivity contribution in [3.05, 3.63) is 23.3 Å². The first-order chi connectivity index (χ1) is 10.2. The summed E-state index contributed by atoms with van der Waals surface area (Å²) in [6.45, 7) is 3.96. The van der Waals surface area contributed by atoms with Crippen LogP contribution in [0.2, 0.25) is 0 Å². The molecule has 0 saturated carbocycles. The smallest absolute Gasteiger partial charge is 0.210 e. The van der Waals surface area contributed by atoms with Gasteiger partial charge in [-0.25, -0.2) is 9.97 Å². The molecule has 1 aliphatic heterocycles. The highest BCUT2D eigenvalue weighted by atomic mass is 32.1. The topological polar surface area (TPSA) is 80.8 Å². The fraction of sp³-hybridized carbons (Fsp3) is 0.571. The van der Waals surface area contributed by atoms with Gasteiger partial charge >= 0.3 is 0 Å². The molecular weight excluding hydrogens is 284 g/mol. The summed E-state index contributed by atoms with van der Waals surface area (Å²) in [5.41, 5.74) is 8.46. The normalized spacial score (nSPS) is 24.5. The molecule has 4 rings (SSSR count). The van der Waals surface area contributed by atoms with Crippen molar-refractivity contribution < 1.29 is 0 Å². The minimum absolute atomic E-state index is 0.154. The quantitative estimate of drug-likeness (QED) is 0.863. The lowest BCUT2D eigenvalue weighted by molar-refractivity contribution is 0.333. The Balaban J connectivity index is 1.69. The number of nitrogens with two attached hydrogens (primary N) is 1. The summed E-state index contributed by atoms with van der Waals surface area (Å²) in [6.07, 6.45) is 6.60. The highest BCUT2D eigenvalue weighted by molar-refractivity contribution is 7.18. The van der Waals surface area contributed by atoms with Crippen LogP contribution in [0.25, 0.3) is 0 Å². The van der Waals surface area contributed by atoms with Crippen LogP contribution < -0.4 is 10.6 Å². The van der Waals surface area contributed by atoms with E-state index in [1.807, 2.05) is 13.1 Å². The van der Waals surface area contributed by atoms with Crippen molar-refractivity contribution in [2.45, 2.75) is 38.0 Å². The van der Waals surface area contributed by atoms with Crippen LogP contribution in [0.3, 0.4) is 0 Å². The van der Waals surface area contributed by atoms with Crippen LogP contribution in [-0.4, -0.2) is 33.3 Å². The Hall–Kier alpha value is -1.76. The highest BCUT2D eigenvalue weighted by Crippen LogP contribution is 2.44. The average molecular weight is 302 g/mol. The van der Waals surface area contributed by atoms with Crippen LogP contribution in [0.15, 0.2) is 6.20 Å². The van der Waals surface area contributed by atoms with Gasteiger partial charge in [0.15, 0.2) is 0 Å². The van der Waals surface area contributed by atoms with Gasteiger partial charge in [-0.3, -0.25) is 0 Å². The molecule has 2 aliphatic rings. The zero-order chi connectivity index (χ0) is 14.4. The summed E-state index contributed by atoms with van der Waals surface area (Å²) in [6, 6.07) is 0. The van der Waals surface area contributed by atoms with E-state index in [0.717, 1.165) is 43.3 Å². The number of anilines is 2. The molecule has 0 bridgehead atoms.